The molecule has 0 aliphatic heterocycles. The summed E-state index contributed by atoms with van der Waals surface area (Å²) >= 11 is 8.46. The molecule has 0 atom stereocenters. The van der Waals surface area contributed by atoms with Crippen molar-refractivity contribution in [1.29, 1.82) is 0 Å². The maximum atomic E-state index is 12.5. The molecule has 6 nitrogen and oxygen atoms in total. The van der Waals surface area contributed by atoms with E-state index in [4.69, 9.17) is 17.0 Å². The lowest BCUT2D eigenvalue weighted by Crippen LogP contribution is -2.34. The average Bonchev–Trinajstić information content (AvgIpc) is 2.54. The number of aromatic carboxylic acids is 1. The summed E-state index contributed by atoms with van der Waals surface area (Å²) in [5.74, 6) is -1.12. The van der Waals surface area contributed by atoms with Crippen LogP contribution in [-0.2, 0) is 0 Å². The predicted octanol–water partition coefficient (Wildman–Crippen LogP) is 3.59. The van der Waals surface area contributed by atoms with Gasteiger partial charge in [-0.1, -0.05) is 28.1 Å². The molecular formula is C17H15BrN2O4S. The van der Waals surface area contributed by atoms with E-state index in [0.29, 0.717) is 11.3 Å². The molecule has 2 rings (SSSR count). The van der Waals surface area contributed by atoms with E-state index in [1.807, 2.05) is 13.0 Å². The number of benzene rings is 2. The molecule has 0 aromatic heterocycles. The molecule has 0 saturated heterocycles. The van der Waals surface area contributed by atoms with Gasteiger partial charge in [0.25, 0.3) is 5.91 Å². The van der Waals surface area contributed by atoms with Gasteiger partial charge in [0.2, 0.25) is 0 Å². The number of carbonyl (C=O) groups is 2. The van der Waals surface area contributed by atoms with Crippen molar-refractivity contribution in [3.8, 4) is 5.75 Å². The molecule has 0 aliphatic rings. The fourth-order valence-corrected chi connectivity index (χ4v) is 3.05. The predicted molar refractivity (Wildman–Crippen MR) is 103 cm³/mol. The number of para-hydroxylation sites is 1. The average molecular weight is 423 g/mol. The number of halogens is 1. The number of carboxylic acids is 1. The molecule has 0 bridgehead atoms. The third-order valence-electron chi connectivity index (χ3n) is 3.32. The minimum atomic E-state index is -1.10. The van der Waals surface area contributed by atoms with E-state index in [2.05, 4.69) is 26.6 Å². The summed E-state index contributed by atoms with van der Waals surface area (Å²) in [6.07, 6.45) is 0. The van der Waals surface area contributed by atoms with Gasteiger partial charge < -0.3 is 15.2 Å². The van der Waals surface area contributed by atoms with Gasteiger partial charge in [-0.05, 0) is 49.0 Å². The molecule has 0 saturated carbocycles. The number of rotatable bonds is 4. The number of anilines is 1. The summed E-state index contributed by atoms with van der Waals surface area (Å²) in [6.45, 7) is 1.82. The fourth-order valence-electron chi connectivity index (χ4n) is 2.27. The van der Waals surface area contributed by atoms with Gasteiger partial charge >= 0.3 is 5.97 Å². The van der Waals surface area contributed by atoms with E-state index < -0.39 is 11.9 Å². The number of hydrogen-bond acceptors (Lipinski definition) is 4. The highest BCUT2D eigenvalue weighted by atomic mass is 79.9. The van der Waals surface area contributed by atoms with Crippen molar-refractivity contribution in [3.63, 3.8) is 0 Å². The van der Waals surface area contributed by atoms with Gasteiger partial charge in [-0.2, -0.15) is 0 Å². The molecule has 0 heterocycles. The second-order valence-corrected chi connectivity index (χ2v) is 6.39. The molecule has 1 amide bonds. The summed E-state index contributed by atoms with van der Waals surface area (Å²) in [5.41, 5.74) is 1.44. The maximum absolute atomic E-state index is 12.5. The van der Waals surface area contributed by atoms with Crippen LogP contribution in [0, 0.1) is 6.92 Å². The standard InChI is InChI=1S/C17H15BrN2O4S/c1-9-7-10(18)8-12(14(9)24-2)15(21)20-17(25)19-13-6-4-3-5-11(13)16(22)23/h3-8H,1-2H3,(H,22,23)(H2,19,20,21,25). The highest BCUT2D eigenvalue weighted by Crippen LogP contribution is 2.27. The van der Waals surface area contributed by atoms with Crippen LogP contribution in [0.5, 0.6) is 5.75 Å². The summed E-state index contributed by atoms with van der Waals surface area (Å²) < 4.78 is 6.01. The normalized spacial score (nSPS) is 10.0. The highest BCUT2D eigenvalue weighted by molar-refractivity contribution is 9.10. The van der Waals surface area contributed by atoms with Crippen molar-refractivity contribution >= 4 is 50.8 Å². The summed E-state index contributed by atoms with van der Waals surface area (Å²) in [4.78, 5) is 23.7. The van der Waals surface area contributed by atoms with Gasteiger partial charge in [-0.25, -0.2) is 4.79 Å². The first-order valence-electron chi connectivity index (χ1n) is 7.12. The summed E-state index contributed by atoms with van der Waals surface area (Å²) in [5, 5.41) is 14.4. The number of ether oxygens (including phenoxy) is 1. The minimum absolute atomic E-state index is 0.0154. The van der Waals surface area contributed by atoms with Crippen LogP contribution in [0.3, 0.4) is 0 Å². The van der Waals surface area contributed by atoms with Crippen molar-refractivity contribution in [2.45, 2.75) is 6.92 Å². The summed E-state index contributed by atoms with van der Waals surface area (Å²) in [6, 6.07) is 9.72. The van der Waals surface area contributed by atoms with Crippen molar-refractivity contribution in [2.75, 3.05) is 12.4 Å². The number of carboxylic acid groups (broad SMARTS) is 1. The monoisotopic (exact) mass is 422 g/mol. The maximum Gasteiger partial charge on any atom is 0.337 e. The van der Waals surface area contributed by atoms with E-state index in [1.54, 1.807) is 24.3 Å². The molecule has 2 aromatic carbocycles. The minimum Gasteiger partial charge on any atom is -0.496 e. The van der Waals surface area contributed by atoms with Crippen LogP contribution in [0.4, 0.5) is 5.69 Å². The number of methoxy groups -OCH3 is 1. The molecule has 0 aliphatic carbocycles. The van der Waals surface area contributed by atoms with Crippen LogP contribution in [-0.4, -0.2) is 29.2 Å². The molecule has 0 spiro atoms. The lowest BCUT2D eigenvalue weighted by Gasteiger charge is -2.14. The van der Waals surface area contributed by atoms with E-state index >= 15 is 0 Å². The fraction of sp³-hybridized carbons (Fsp3) is 0.118. The lowest BCUT2D eigenvalue weighted by molar-refractivity contribution is 0.0697. The second-order valence-electron chi connectivity index (χ2n) is 5.06. The molecule has 130 valence electrons. The number of thiocarbonyl (C=S) groups is 1. The van der Waals surface area contributed by atoms with Gasteiger partial charge in [-0.15, -0.1) is 0 Å². The lowest BCUT2D eigenvalue weighted by atomic mass is 10.1. The molecule has 8 heteroatoms. The van der Waals surface area contributed by atoms with Gasteiger partial charge in [0, 0.05) is 4.47 Å². The molecule has 0 fully saturated rings. The first-order chi connectivity index (χ1) is 11.8. The number of nitrogens with one attached hydrogen (secondary N) is 2. The molecule has 2 aromatic rings. The Labute approximate surface area is 158 Å². The number of aryl methyl sites for hydroxylation is 1. The Morgan fingerprint density at radius 2 is 1.88 bits per heavy atom. The van der Waals surface area contributed by atoms with E-state index in [1.165, 1.54) is 13.2 Å². The Balaban J connectivity index is 2.20. The smallest absolute Gasteiger partial charge is 0.337 e. The van der Waals surface area contributed by atoms with Gasteiger partial charge in [-0.3, -0.25) is 10.1 Å². The zero-order valence-corrected chi connectivity index (χ0v) is 15.8. The first kappa shape index (κ1) is 18.9. The molecule has 0 radical (unpaired) electrons. The van der Waals surface area contributed by atoms with Crippen molar-refractivity contribution in [3.05, 3.63) is 57.6 Å². The number of carbonyl (C=O) groups excluding carboxylic acids is 1. The van der Waals surface area contributed by atoms with E-state index in [0.717, 1.165) is 10.0 Å². The third kappa shape index (κ3) is 4.55. The Morgan fingerprint density at radius 1 is 1.20 bits per heavy atom. The molecule has 25 heavy (non-hydrogen) atoms. The zero-order valence-electron chi connectivity index (χ0n) is 13.4. The van der Waals surface area contributed by atoms with Gasteiger partial charge in [0.1, 0.15) is 5.75 Å². The molecule has 0 unspecified atom stereocenters. The topological polar surface area (TPSA) is 87.7 Å². The highest BCUT2D eigenvalue weighted by Gasteiger charge is 2.17. The van der Waals surface area contributed by atoms with E-state index in [9.17, 15) is 14.7 Å². The zero-order chi connectivity index (χ0) is 18.6. The van der Waals surface area contributed by atoms with Crippen LogP contribution < -0.4 is 15.4 Å². The molecule has 3 N–H and O–H groups in total. The number of hydrogen-bond donors (Lipinski definition) is 3. The summed E-state index contributed by atoms with van der Waals surface area (Å²) in [7, 11) is 1.48. The Bertz CT molecular complexity index is 855. The van der Waals surface area contributed by atoms with Gasteiger partial charge in [0.05, 0.1) is 23.9 Å². The van der Waals surface area contributed by atoms with Gasteiger partial charge in [0.15, 0.2) is 5.11 Å². The van der Waals surface area contributed by atoms with Crippen LogP contribution in [0.1, 0.15) is 26.3 Å². The third-order valence-corrected chi connectivity index (χ3v) is 3.98. The van der Waals surface area contributed by atoms with Crippen LogP contribution in [0.25, 0.3) is 0 Å². The Kier molecular flexibility index (Phi) is 6.11. The largest absolute Gasteiger partial charge is 0.496 e. The second kappa shape index (κ2) is 8.09. The Morgan fingerprint density at radius 3 is 2.52 bits per heavy atom. The Hall–Kier alpha value is -2.45. The SMILES string of the molecule is COc1c(C)cc(Br)cc1C(=O)NC(=S)Nc1ccccc1C(=O)O. The van der Waals surface area contributed by atoms with Crippen LogP contribution >= 0.6 is 28.1 Å². The quantitative estimate of drug-likeness (QED) is 0.652. The van der Waals surface area contributed by atoms with Crippen molar-refractivity contribution in [2.24, 2.45) is 0 Å². The van der Waals surface area contributed by atoms with E-state index in [-0.39, 0.29) is 16.4 Å². The van der Waals surface area contributed by atoms with Crippen molar-refractivity contribution in [1.82, 2.24) is 5.32 Å². The first-order valence-corrected chi connectivity index (χ1v) is 8.32. The molecular weight excluding hydrogens is 408 g/mol. The van der Waals surface area contributed by atoms with Crippen LogP contribution in [0.2, 0.25) is 0 Å². The number of amides is 1. The van der Waals surface area contributed by atoms with Crippen molar-refractivity contribution < 1.29 is 19.4 Å². The van der Waals surface area contributed by atoms with Crippen LogP contribution in [0.15, 0.2) is 40.9 Å².